The first-order valence-electron chi connectivity index (χ1n) is 9.32. The Morgan fingerprint density at radius 3 is 2.96 bits per heavy atom. The van der Waals surface area contributed by atoms with Gasteiger partial charge < -0.3 is 19.1 Å². The van der Waals surface area contributed by atoms with E-state index >= 15 is 0 Å². The van der Waals surface area contributed by atoms with E-state index in [0.29, 0.717) is 5.95 Å². The minimum Gasteiger partial charge on any atom is -0.497 e. The van der Waals surface area contributed by atoms with E-state index in [1.165, 1.54) is 5.56 Å². The molecule has 28 heavy (non-hydrogen) atoms. The van der Waals surface area contributed by atoms with Gasteiger partial charge in [0, 0.05) is 12.1 Å². The molecule has 0 saturated carbocycles. The molecule has 0 aliphatic carbocycles. The van der Waals surface area contributed by atoms with Crippen LogP contribution in [0, 0.1) is 0 Å². The molecular weight excluding hydrogens is 356 g/mol. The molecule has 1 saturated heterocycles. The van der Waals surface area contributed by atoms with E-state index in [1.807, 2.05) is 30.3 Å². The van der Waals surface area contributed by atoms with Gasteiger partial charge in [-0.1, -0.05) is 12.1 Å². The van der Waals surface area contributed by atoms with Crippen molar-refractivity contribution in [3.8, 4) is 28.5 Å². The summed E-state index contributed by atoms with van der Waals surface area (Å²) in [6.45, 7) is 1.15. The van der Waals surface area contributed by atoms with E-state index in [-0.39, 0.29) is 12.8 Å². The molecule has 7 heteroatoms. The Morgan fingerprint density at radius 2 is 2.04 bits per heavy atom. The molecule has 3 heterocycles. The number of fused-ring (bicyclic) bond motifs is 1. The molecule has 1 fully saturated rings. The lowest BCUT2D eigenvalue weighted by molar-refractivity contribution is 0.174. The van der Waals surface area contributed by atoms with Crippen LogP contribution in [0.25, 0.3) is 11.3 Å². The minimum atomic E-state index is 0.212. The van der Waals surface area contributed by atoms with Crippen LogP contribution < -0.4 is 19.1 Å². The quantitative estimate of drug-likeness (QED) is 0.689. The monoisotopic (exact) mass is 376 g/mol. The molecule has 2 aliphatic heterocycles. The Kier molecular flexibility index (Phi) is 4.20. The highest BCUT2D eigenvalue weighted by Gasteiger charge is 2.29. The lowest BCUT2D eigenvalue weighted by atomic mass is 10.0. The summed E-state index contributed by atoms with van der Waals surface area (Å²) >= 11 is 0. The van der Waals surface area contributed by atoms with Gasteiger partial charge >= 0.3 is 0 Å². The van der Waals surface area contributed by atoms with Crippen LogP contribution in [0.5, 0.6) is 17.2 Å². The number of hydrogen-bond acceptors (Lipinski definition) is 7. The maximum atomic E-state index is 5.48. The summed E-state index contributed by atoms with van der Waals surface area (Å²) in [6, 6.07) is 14.2. The Morgan fingerprint density at radius 1 is 1.11 bits per heavy atom. The number of ether oxygens (including phenoxy) is 3. The standard InChI is InChI=1S/C21H20N4O3/c1-26-16-5-2-4-15(10-16)18-6-3-9-25(18)21-23-17(12-22-24-21)14-7-8-19-20(11-14)28-13-27-19/h2,4-5,7-8,10-12,18H,3,6,9,13H2,1H3. The van der Waals surface area contributed by atoms with Gasteiger partial charge in [0.1, 0.15) is 5.75 Å². The number of hydrogen-bond donors (Lipinski definition) is 0. The highest BCUT2D eigenvalue weighted by Crippen LogP contribution is 2.37. The molecule has 0 spiro atoms. The maximum absolute atomic E-state index is 5.48. The van der Waals surface area contributed by atoms with Gasteiger partial charge in [-0.2, -0.15) is 5.10 Å². The summed E-state index contributed by atoms with van der Waals surface area (Å²) in [5.74, 6) is 2.98. The molecule has 0 bridgehead atoms. The van der Waals surface area contributed by atoms with Crippen molar-refractivity contribution in [3.05, 3.63) is 54.2 Å². The van der Waals surface area contributed by atoms with E-state index in [9.17, 15) is 0 Å². The molecule has 0 radical (unpaired) electrons. The summed E-state index contributed by atoms with van der Waals surface area (Å²) in [5.41, 5.74) is 2.89. The molecule has 142 valence electrons. The van der Waals surface area contributed by atoms with Crippen molar-refractivity contribution in [2.45, 2.75) is 18.9 Å². The number of methoxy groups -OCH3 is 1. The molecule has 1 unspecified atom stereocenters. The van der Waals surface area contributed by atoms with Crippen molar-refractivity contribution in [1.82, 2.24) is 15.2 Å². The van der Waals surface area contributed by atoms with Crippen LogP contribution in [0.15, 0.2) is 48.7 Å². The van der Waals surface area contributed by atoms with Crippen LogP contribution >= 0.6 is 0 Å². The number of benzene rings is 2. The van der Waals surface area contributed by atoms with Gasteiger partial charge in [-0.05, 0) is 48.7 Å². The largest absolute Gasteiger partial charge is 0.497 e. The molecule has 3 aromatic rings. The van der Waals surface area contributed by atoms with Crippen LogP contribution in [0.2, 0.25) is 0 Å². The summed E-state index contributed by atoms with van der Waals surface area (Å²) in [5, 5.41) is 8.53. The Labute approximate surface area is 162 Å². The van der Waals surface area contributed by atoms with Gasteiger partial charge in [0.25, 0.3) is 0 Å². The van der Waals surface area contributed by atoms with E-state index in [1.54, 1.807) is 13.3 Å². The Bertz CT molecular complexity index is 1010. The molecule has 2 aromatic carbocycles. The second-order valence-corrected chi connectivity index (χ2v) is 6.84. The van der Waals surface area contributed by atoms with Crippen molar-refractivity contribution in [2.24, 2.45) is 0 Å². The fourth-order valence-electron chi connectivity index (χ4n) is 3.81. The van der Waals surface area contributed by atoms with Crippen molar-refractivity contribution >= 4 is 5.95 Å². The molecule has 0 N–H and O–H groups in total. The molecular formula is C21H20N4O3. The molecule has 7 nitrogen and oxygen atoms in total. The van der Waals surface area contributed by atoms with E-state index in [4.69, 9.17) is 19.2 Å². The maximum Gasteiger partial charge on any atom is 0.246 e. The van der Waals surface area contributed by atoms with Crippen LogP contribution in [-0.4, -0.2) is 35.6 Å². The van der Waals surface area contributed by atoms with Gasteiger partial charge in [-0.25, -0.2) is 4.98 Å². The van der Waals surface area contributed by atoms with Gasteiger partial charge in [0.15, 0.2) is 11.5 Å². The summed E-state index contributed by atoms with van der Waals surface area (Å²) < 4.78 is 16.3. The fourth-order valence-corrected chi connectivity index (χ4v) is 3.81. The zero-order valence-electron chi connectivity index (χ0n) is 15.5. The second kappa shape index (κ2) is 6.99. The highest BCUT2D eigenvalue weighted by atomic mass is 16.7. The van der Waals surface area contributed by atoms with Crippen LogP contribution in [0.3, 0.4) is 0 Å². The van der Waals surface area contributed by atoms with E-state index in [0.717, 1.165) is 47.9 Å². The number of anilines is 1. The first-order valence-corrected chi connectivity index (χ1v) is 9.32. The van der Waals surface area contributed by atoms with Crippen molar-refractivity contribution in [1.29, 1.82) is 0 Å². The first-order chi connectivity index (χ1) is 13.8. The fraction of sp³-hybridized carbons (Fsp3) is 0.286. The van der Waals surface area contributed by atoms with Gasteiger partial charge in [-0.15, -0.1) is 5.10 Å². The number of nitrogens with zero attached hydrogens (tertiary/aromatic N) is 4. The third-order valence-corrected chi connectivity index (χ3v) is 5.20. The van der Waals surface area contributed by atoms with Crippen LogP contribution in [-0.2, 0) is 0 Å². The third-order valence-electron chi connectivity index (χ3n) is 5.20. The van der Waals surface area contributed by atoms with E-state index in [2.05, 4.69) is 27.2 Å². The minimum absolute atomic E-state index is 0.212. The van der Waals surface area contributed by atoms with Gasteiger partial charge in [-0.3, -0.25) is 0 Å². The zero-order chi connectivity index (χ0) is 18.9. The molecule has 5 rings (SSSR count). The average molecular weight is 376 g/mol. The lowest BCUT2D eigenvalue weighted by Gasteiger charge is -2.25. The summed E-state index contributed by atoms with van der Waals surface area (Å²) in [6.07, 6.45) is 3.81. The van der Waals surface area contributed by atoms with Crippen molar-refractivity contribution in [3.63, 3.8) is 0 Å². The molecule has 0 amide bonds. The van der Waals surface area contributed by atoms with Crippen molar-refractivity contribution < 1.29 is 14.2 Å². The Balaban J connectivity index is 1.47. The number of aromatic nitrogens is 3. The third kappa shape index (κ3) is 2.98. The Hall–Kier alpha value is -3.35. The second-order valence-electron chi connectivity index (χ2n) is 6.84. The average Bonchev–Trinajstić information content (AvgIpc) is 3.43. The SMILES string of the molecule is COc1cccc(C2CCCN2c2nncc(-c3ccc4c(c3)OCO4)n2)c1. The topological polar surface area (TPSA) is 69.6 Å². The summed E-state index contributed by atoms with van der Waals surface area (Å²) in [7, 11) is 1.69. The normalized spacial score (nSPS) is 17.8. The zero-order valence-corrected chi connectivity index (χ0v) is 15.5. The first kappa shape index (κ1) is 16.8. The van der Waals surface area contributed by atoms with Crippen molar-refractivity contribution in [2.75, 3.05) is 25.3 Å². The van der Waals surface area contributed by atoms with Gasteiger partial charge in [0.05, 0.1) is 25.0 Å². The smallest absolute Gasteiger partial charge is 0.246 e. The molecule has 2 aliphatic rings. The summed E-state index contributed by atoms with van der Waals surface area (Å²) in [4.78, 5) is 7.01. The predicted octanol–water partition coefficient (Wildman–Crippen LogP) is 3.62. The van der Waals surface area contributed by atoms with Gasteiger partial charge in [0.2, 0.25) is 12.7 Å². The lowest BCUT2D eigenvalue weighted by Crippen LogP contribution is -2.25. The predicted molar refractivity (Wildman–Crippen MR) is 104 cm³/mol. The molecule has 1 atom stereocenters. The van der Waals surface area contributed by atoms with Crippen LogP contribution in [0.1, 0.15) is 24.4 Å². The number of rotatable bonds is 4. The van der Waals surface area contributed by atoms with E-state index < -0.39 is 0 Å². The highest BCUT2D eigenvalue weighted by molar-refractivity contribution is 5.64. The molecule has 1 aromatic heterocycles. The van der Waals surface area contributed by atoms with Crippen LogP contribution in [0.4, 0.5) is 5.95 Å².